The number of amides is 1. The molecule has 0 atom stereocenters. The Morgan fingerprint density at radius 2 is 1.88 bits per heavy atom. The van der Waals surface area contributed by atoms with Crippen molar-refractivity contribution in [3.05, 3.63) is 78.9 Å². The first-order valence-electron chi connectivity index (χ1n) is 7.55. The molecule has 0 saturated carbocycles. The zero-order chi connectivity index (χ0) is 16.4. The highest BCUT2D eigenvalue weighted by atomic mass is 16.1. The van der Waals surface area contributed by atoms with Crippen LogP contribution in [0.15, 0.2) is 73.3 Å². The van der Waals surface area contributed by atoms with Crippen molar-refractivity contribution in [2.24, 2.45) is 0 Å². The Morgan fingerprint density at radius 1 is 1.00 bits per heavy atom. The number of hydrogen-bond donors (Lipinski definition) is 2. The van der Waals surface area contributed by atoms with Gasteiger partial charge in [-0.05, 0) is 23.8 Å². The molecule has 0 saturated heterocycles. The largest absolute Gasteiger partial charge is 0.344 e. The predicted octanol–water partition coefficient (Wildman–Crippen LogP) is 3.88. The fourth-order valence-corrected chi connectivity index (χ4v) is 2.59. The van der Waals surface area contributed by atoms with Gasteiger partial charge in [0, 0.05) is 35.7 Å². The van der Waals surface area contributed by atoms with E-state index in [4.69, 9.17) is 0 Å². The van der Waals surface area contributed by atoms with Crippen molar-refractivity contribution in [2.75, 3.05) is 5.32 Å². The summed E-state index contributed by atoms with van der Waals surface area (Å²) in [5.74, 6) is -0.200. The number of hydrogen-bond acceptors (Lipinski definition) is 3. The third-order valence-electron chi connectivity index (χ3n) is 3.81. The molecule has 5 heteroatoms. The Hall–Kier alpha value is -3.47. The Balaban J connectivity index is 1.70. The lowest BCUT2D eigenvalue weighted by Gasteiger charge is -2.05. The van der Waals surface area contributed by atoms with Gasteiger partial charge >= 0.3 is 0 Å². The molecule has 4 aromatic rings. The quantitative estimate of drug-likeness (QED) is 0.603. The van der Waals surface area contributed by atoms with Crippen LogP contribution in [0.5, 0.6) is 0 Å². The van der Waals surface area contributed by atoms with Crippen LogP contribution in [0, 0.1) is 0 Å². The van der Waals surface area contributed by atoms with Crippen molar-refractivity contribution in [1.82, 2.24) is 15.0 Å². The monoisotopic (exact) mass is 314 g/mol. The summed E-state index contributed by atoms with van der Waals surface area (Å²) < 4.78 is 0. The van der Waals surface area contributed by atoms with E-state index in [2.05, 4.69) is 20.3 Å². The fourth-order valence-electron chi connectivity index (χ4n) is 2.59. The summed E-state index contributed by atoms with van der Waals surface area (Å²) >= 11 is 0. The molecule has 0 fully saturated rings. The number of anilines is 1. The predicted molar refractivity (Wildman–Crippen MR) is 93.7 cm³/mol. The summed E-state index contributed by atoms with van der Waals surface area (Å²) in [7, 11) is 0. The average molecular weight is 314 g/mol. The minimum absolute atomic E-state index is 0.200. The van der Waals surface area contributed by atoms with E-state index in [1.54, 1.807) is 24.5 Å². The highest BCUT2D eigenvalue weighted by Crippen LogP contribution is 2.27. The van der Waals surface area contributed by atoms with Crippen molar-refractivity contribution in [3.8, 4) is 11.1 Å². The molecular formula is C19H14N4O. The third-order valence-corrected chi connectivity index (χ3v) is 3.81. The van der Waals surface area contributed by atoms with Gasteiger partial charge in [0.2, 0.25) is 0 Å². The molecule has 2 N–H and O–H groups in total. The van der Waals surface area contributed by atoms with Crippen LogP contribution in [0.25, 0.3) is 22.2 Å². The van der Waals surface area contributed by atoms with Crippen LogP contribution in [0.4, 0.5) is 5.69 Å². The molecule has 0 aliphatic carbocycles. The van der Waals surface area contributed by atoms with Crippen LogP contribution in [-0.2, 0) is 0 Å². The maximum Gasteiger partial charge on any atom is 0.257 e. The molecule has 0 unspecified atom stereocenters. The van der Waals surface area contributed by atoms with Gasteiger partial charge in [-0.2, -0.15) is 0 Å². The minimum atomic E-state index is -0.200. The summed E-state index contributed by atoms with van der Waals surface area (Å²) in [4.78, 5) is 23.8. The normalized spacial score (nSPS) is 10.7. The Labute approximate surface area is 138 Å². The number of nitrogens with zero attached hydrogens (tertiary/aromatic N) is 2. The van der Waals surface area contributed by atoms with Crippen LogP contribution < -0.4 is 5.32 Å². The molecule has 1 aromatic carbocycles. The van der Waals surface area contributed by atoms with E-state index in [9.17, 15) is 4.79 Å². The smallest absolute Gasteiger partial charge is 0.257 e. The molecule has 24 heavy (non-hydrogen) atoms. The van der Waals surface area contributed by atoms with Crippen molar-refractivity contribution in [1.29, 1.82) is 0 Å². The summed E-state index contributed by atoms with van der Waals surface area (Å²) in [5.41, 5.74) is 4.02. The number of rotatable bonds is 3. The Kier molecular flexibility index (Phi) is 3.51. The molecule has 116 valence electrons. The van der Waals surface area contributed by atoms with Gasteiger partial charge < -0.3 is 10.3 Å². The number of benzene rings is 1. The van der Waals surface area contributed by atoms with Gasteiger partial charge in [-0.1, -0.05) is 30.3 Å². The molecule has 3 aromatic heterocycles. The number of nitrogens with one attached hydrogen (secondary N) is 2. The van der Waals surface area contributed by atoms with Crippen molar-refractivity contribution in [3.63, 3.8) is 0 Å². The van der Waals surface area contributed by atoms with Gasteiger partial charge in [0.1, 0.15) is 5.65 Å². The highest BCUT2D eigenvalue weighted by molar-refractivity contribution is 6.08. The molecule has 0 spiro atoms. The van der Waals surface area contributed by atoms with Crippen LogP contribution in [0.1, 0.15) is 10.4 Å². The van der Waals surface area contributed by atoms with Crippen molar-refractivity contribution >= 4 is 22.6 Å². The molecule has 1 amide bonds. The lowest BCUT2D eigenvalue weighted by Crippen LogP contribution is -2.11. The van der Waals surface area contributed by atoms with Crippen molar-refractivity contribution < 1.29 is 4.79 Å². The van der Waals surface area contributed by atoms with E-state index in [0.29, 0.717) is 11.3 Å². The maximum atomic E-state index is 12.3. The molecule has 4 rings (SSSR count). The second-order valence-corrected chi connectivity index (χ2v) is 5.38. The first-order valence-corrected chi connectivity index (χ1v) is 7.55. The molecule has 0 bridgehead atoms. The molecule has 0 aliphatic rings. The van der Waals surface area contributed by atoms with Crippen LogP contribution >= 0.6 is 0 Å². The van der Waals surface area contributed by atoms with E-state index in [1.165, 1.54) is 6.20 Å². The summed E-state index contributed by atoms with van der Waals surface area (Å²) in [6, 6.07) is 15.5. The lowest BCUT2D eigenvalue weighted by atomic mass is 10.1. The van der Waals surface area contributed by atoms with Crippen LogP contribution in [0.3, 0.4) is 0 Å². The molecule has 0 radical (unpaired) electrons. The number of carbonyl (C=O) groups is 1. The van der Waals surface area contributed by atoms with Gasteiger partial charge in [-0.15, -0.1) is 0 Å². The van der Waals surface area contributed by atoms with Crippen LogP contribution in [0.2, 0.25) is 0 Å². The number of aromatic amines is 1. The second-order valence-electron chi connectivity index (χ2n) is 5.38. The standard InChI is InChI=1S/C19H14N4O/c24-19(14-7-4-8-20-10-14)23-17-12-22-18-16(17)9-15(11-21-18)13-5-2-1-3-6-13/h1-12H,(H,21,22)(H,23,24). The number of fused-ring (bicyclic) bond motifs is 1. The first-order chi connectivity index (χ1) is 11.8. The van der Waals surface area contributed by atoms with Gasteiger partial charge in [0.15, 0.2) is 0 Å². The van der Waals surface area contributed by atoms with Crippen LogP contribution in [-0.4, -0.2) is 20.9 Å². The molecule has 3 heterocycles. The number of H-pyrrole nitrogens is 1. The highest BCUT2D eigenvalue weighted by Gasteiger charge is 2.11. The number of aromatic nitrogens is 3. The summed E-state index contributed by atoms with van der Waals surface area (Å²) in [6.07, 6.45) is 6.75. The topological polar surface area (TPSA) is 70.7 Å². The van der Waals surface area contributed by atoms with E-state index < -0.39 is 0 Å². The fraction of sp³-hybridized carbons (Fsp3) is 0. The zero-order valence-electron chi connectivity index (χ0n) is 12.7. The molecular weight excluding hydrogens is 300 g/mol. The summed E-state index contributed by atoms with van der Waals surface area (Å²) in [5, 5.41) is 3.78. The first kappa shape index (κ1) is 14.1. The Morgan fingerprint density at radius 3 is 2.67 bits per heavy atom. The summed E-state index contributed by atoms with van der Waals surface area (Å²) in [6.45, 7) is 0. The number of carbonyl (C=O) groups excluding carboxylic acids is 1. The lowest BCUT2D eigenvalue weighted by molar-refractivity contribution is 0.102. The van der Waals surface area contributed by atoms with Gasteiger partial charge in [-0.3, -0.25) is 9.78 Å². The average Bonchev–Trinajstić information content (AvgIpc) is 3.05. The maximum absolute atomic E-state index is 12.3. The minimum Gasteiger partial charge on any atom is -0.344 e. The second kappa shape index (κ2) is 5.96. The van der Waals surface area contributed by atoms with Crippen molar-refractivity contribution in [2.45, 2.75) is 0 Å². The Bertz CT molecular complexity index is 994. The van der Waals surface area contributed by atoms with E-state index in [1.807, 2.05) is 42.6 Å². The molecule has 5 nitrogen and oxygen atoms in total. The number of pyridine rings is 2. The zero-order valence-corrected chi connectivity index (χ0v) is 12.7. The third kappa shape index (κ3) is 2.63. The van der Waals surface area contributed by atoms with Gasteiger partial charge in [-0.25, -0.2) is 4.98 Å². The van der Waals surface area contributed by atoms with E-state index in [-0.39, 0.29) is 5.91 Å². The van der Waals surface area contributed by atoms with Gasteiger partial charge in [0.05, 0.1) is 11.3 Å². The van der Waals surface area contributed by atoms with E-state index >= 15 is 0 Å². The SMILES string of the molecule is O=C(Nc1c[nH]c2ncc(-c3ccccc3)cc12)c1cccnc1. The van der Waals surface area contributed by atoms with Gasteiger partial charge in [0.25, 0.3) is 5.91 Å². The van der Waals surface area contributed by atoms with E-state index in [0.717, 1.165) is 22.2 Å². The molecule has 0 aliphatic heterocycles.